The molecule has 1 amide bonds. The van der Waals surface area contributed by atoms with Crippen LogP contribution in [0.25, 0.3) is 10.9 Å². The van der Waals surface area contributed by atoms with Crippen molar-refractivity contribution in [2.45, 2.75) is 25.7 Å². The number of nitrogens with zero attached hydrogens (tertiary/aromatic N) is 1. The molecule has 1 aromatic heterocycles. The first kappa shape index (κ1) is 15.3. The normalized spacial score (nSPS) is 10.3. The quantitative estimate of drug-likeness (QED) is 0.656. The first-order valence-corrected chi connectivity index (χ1v) is 7.33. The van der Waals surface area contributed by atoms with E-state index in [4.69, 9.17) is 18.0 Å². The number of rotatable bonds is 6. The van der Waals surface area contributed by atoms with Crippen LogP contribution in [0.5, 0.6) is 0 Å². The Labute approximate surface area is 129 Å². The summed E-state index contributed by atoms with van der Waals surface area (Å²) in [6, 6.07) is 9.72. The van der Waals surface area contributed by atoms with E-state index in [9.17, 15) is 4.79 Å². The van der Waals surface area contributed by atoms with Crippen molar-refractivity contribution >= 4 is 28.4 Å². The molecular weight excluding hydrogens is 284 g/mol. The van der Waals surface area contributed by atoms with Crippen LogP contribution < -0.4 is 5.32 Å². The SMILES string of the molecule is C#CCNC(=O)CCCCc1cc(Cl)c2ccccc2n1. The van der Waals surface area contributed by atoms with Crippen LogP contribution in [0.1, 0.15) is 25.0 Å². The molecule has 2 rings (SSSR count). The van der Waals surface area contributed by atoms with Gasteiger partial charge in [0.25, 0.3) is 0 Å². The standard InChI is InChI=1S/C17H17ClN2O/c1-2-11-19-17(21)10-6-3-7-13-12-15(18)14-8-4-5-9-16(14)20-13/h1,4-5,8-9,12H,3,6-7,10-11H2,(H,19,21). The highest BCUT2D eigenvalue weighted by atomic mass is 35.5. The average molecular weight is 301 g/mol. The summed E-state index contributed by atoms with van der Waals surface area (Å²) in [6.45, 7) is 0.292. The molecule has 0 saturated carbocycles. The Morgan fingerprint density at radius 3 is 2.95 bits per heavy atom. The number of pyridine rings is 1. The van der Waals surface area contributed by atoms with E-state index in [-0.39, 0.29) is 5.91 Å². The Hall–Kier alpha value is -2.05. The van der Waals surface area contributed by atoms with Crippen LogP contribution in [0.15, 0.2) is 30.3 Å². The number of hydrogen-bond donors (Lipinski definition) is 1. The predicted octanol–water partition coefficient (Wildman–Crippen LogP) is 3.35. The number of aryl methyl sites for hydroxylation is 1. The van der Waals surface area contributed by atoms with Crippen molar-refractivity contribution in [2.24, 2.45) is 0 Å². The Balaban J connectivity index is 1.87. The van der Waals surface area contributed by atoms with Crippen molar-refractivity contribution < 1.29 is 4.79 Å². The molecule has 0 aliphatic carbocycles. The van der Waals surface area contributed by atoms with Gasteiger partial charge in [0.05, 0.1) is 17.1 Å². The minimum atomic E-state index is -0.00236. The third-order valence-corrected chi connectivity index (χ3v) is 3.51. The third-order valence-electron chi connectivity index (χ3n) is 3.19. The lowest BCUT2D eigenvalue weighted by molar-refractivity contribution is -0.120. The molecule has 0 radical (unpaired) electrons. The number of unbranched alkanes of at least 4 members (excludes halogenated alkanes) is 1. The number of halogens is 1. The van der Waals surface area contributed by atoms with Gasteiger partial charge in [-0.05, 0) is 31.4 Å². The highest BCUT2D eigenvalue weighted by Crippen LogP contribution is 2.23. The lowest BCUT2D eigenvalue weighted by atomic mass is 10.1. The molecule has 0 aliphatic heterocycles. The number of carbonyl (C=O) groups is 1. The van der Waals surface area contributed by atoms with E-state index in [1.807, 2.05) is 30.3 Å². The fraction of sp³-hybridized carbons (Fsp3) is 0.294. The second kappa shape index (κ2) is 7.66. The third kappa shape index (κ3) is 4.47. The fourth-order valence-corrected chi connectivity index (χ4v) is 2.43. The summed E-state index contributed by atoms with van der Waals surface area (Å²) in [5.41, 5.74) is 1.87. The molecular formula is C17H17ClN2O. The van der Waals surface area contributed by atoms with Gasteiger partial charge in [0.15, 0.2) is 0 Å². The second-order valence-electron chi connectivity index (χ2n) is 4.80. The number of terminal acetylenes is 1. The summed E-state index contributed by atoms with van der Waals surface area (Å²) in [5.74, 6) is 2.38. The van der Waals surface area contributed by atoms with Crippen molar-refractivity contribution in [3.05, 3.63) is 41.0 Å². The summed E-state index contributed by atoms with van der Waals surface area (Å²) < 4.78 is 0. The van der Waals surface area contributed by atoms with Crippen molar-refractivity contribution in [1.82, 2.24) is 10.3 Å². The Morgan fingerprint density at radius 2 is 2.14 bits per heavy atom. The number of para-hydroxylation sites is 1. The van der Waals surface area contributed by atoms with Crippen LogP contribution in [0.2, 0.25) is 5.02 Å². The molecule has 2 aromatic rings. The molecule has 0 aliphatic rings. The predicted molar refractivity (Wildman–Crippen MR) is 86.2 cm³/mol. The van der Waals surface area contributed by atoms with E-state index < -0.39 is 0 Å². The Bertz CT molecular complexity index is 676. The molecule has 1 heterocycles. The van der Waals surface area contributed by atoms with Gasteiger partial charge >= 0.3 is 0 Å². The van der Waals surface area contributed by atoms with Gasteiger partial charge in [-0.1, -0.05) is 35.7 Å². The van der Waals surface area contributed by atoms with Gasteiger partial charge in [-0.25, -0.2) is 0 Å². The zero-order valence-electron chi connectivity index (χ0n) is 11.7. The molecule has 0 fully saturated rings. The highest BCUT2D eigenvalue weighted by molar-refractivity contribution is 6.35. The number of hydrogen-bond acceptors (Lipinski definition) is 2. The monoisotopic (exact) mass is 300 g/mol. The van der Waals surface area contributed by atoms with Gasteiger partial charge in [0.1, 0.15) is 0 Å². The van der Waals surface area contributed by atoms with Crippen molar-refractivity contribution in [1.29, 1.82) is 0 Å². The fourth-order valence-electron chi connectivity index (χ4n) is 2.14. The van der Waals surface area contributed by atoms with E-state index >= 15 is 0 Å². The molecule has 0 atom stereocenters. The number of fused-ring (bicyclic) bond motifs is 1. The van der Waals surface area contributed by atoms with Crippen molar-refractivity contribution in [3.63, 3.8) is 0 Å². The van der Waals surface area contributed by atoms with E-state index in [0.29, 0.717) is 13.0 Å². The molecule has 0 unspecified atom stereocenters. The number of amides is 1. The van der Waals surface area contributed by atoms with Crippen LogP contribution >= 0.6 is 11.6 Å². The van der Waals surface area contributed by atoms with Crippen LogP contribution in [-0.2, 0) is 11.2 Å². The average Bonchev–Trinajstić information content (AvgIpc) is 2.49. The van der Waals surface area contributed by atoms with Gasteiger partial charge < -0.3 is 5.32 Å². The van der Waals surface area contributed by atoms with E-state index in [2.05, 4.69) is 16.2 Å². The maximum Gasteiger partial charge on any atom is 0.220 e. The van der Waals surface area contributed by atoms with Crippen LogP contribution in [0.3, 0.4) is 0 Å². The van der Waals surface area contributed by atoms with E-state index in [1.54, 1.807) is 0 Å². The van der Waals surface area contributed by atoms with Gasteiger partial charge in [0.2, 0.25) is 5.91 Å². The molecule has 0 spiro atoms. The van der Waals surface area contributed by atoms with E-state index in [1.165, 1.54) is 0 Å². The van der Waals surface area contributed by atoms with Gasteiger partial charge in [0, 0.05) is 17.5 Å². The minimum absolute atomic E-state index is 0.00236. The lowest BCUT2D eigenvalue weighted by Gasteiger charge is -2.05. The molecule has 108 valence electrons. The highest BCUT2D eigenvalue weighted by Gasteiger charge is 2.04. The first-order valence-electron chi connectivity index (χ1n) is 6.95. The zero-order chi connectivity index (χ0) is 15.1. The molecule has 3 nitrogen and oxygen atoms in total. The Kier molecular flexibility index (Phi) is 5.59. The molecule has 21 heavy (non-hydrogen) atoms. The number of aromatic nitrogens is 1. The molecule has 0 saturated heterocycles. The van der Waals surface area contributed by atoms with Gasteiger partial charge in [-0.3, -0.25) is 9.78 Å². The smallest absolute Gasteiger partial charge is 0.220 e. The van der Waals surface area contributed by atoms with Crippen LogP contribution in [0.4, 0.5) is 0 Å². The lowest BCUT2D eigenvalue weighted by Crippen LogP contribution is -2.22. The second-order valence-corrected chi connectivity index (χ2v) is 5.21. The maximum atomic E-state index is 11.4. The van der Waals surface area contributed by atoms with Crippen molar-refractivity contribution in [2.75, 3.05) is 6.54 Å². The summed E-state index contributed by atoms with van der Waals surface area (Å²) in [6.07, 6.45) is 8.09. The van der Waals surface area contributed by atoms with Crippen molar-refractivity contribution in [3.8, 4) is 12.3 Å². The van der Waals surface area contributed by atoms with Crippen LogP contribution in [0, 0.1) is 12.3 Å². The summed E-state index contributed by atoms with van der Waals surface area (Å²) in [4.78, 5) is 16.0. The Morgan fingerprint density at radius 1 is 1.33 bits per heavy atom. The number of carbonyl (C=O) groups excluding carboxylic acids is 1. The van der Waals surface area contributed by atoms with Gasteiger partial charge in [-0.2, -0.15) is 0 Å². The number of nitrogens with one attached hydrogen (secondary N) is 1. The topological polar surface area (TPSA) is 42.0 Å². The molecule has 1 aromatic carbocycles. The first-order chi connectivity index (χ1) is 10.2. The van der Waals surface area contributed by atoms with Gasteiger partial charge in [-0.15, -0.1) is 6.42 Å². The molecule has 0 bridgehead atoms. The number of benzene rings is 1. The van der Waals surface area contributed by atoms with Crippen LogP contribution in [-0.4, -0.2) is 17.4 Å². The zero-order valence-corrected chi connectivity index (χ0v) is 12.5. The molecule has 1 N–H and O–H groups in total. The summed E-state index contributed by atoms with van der Waals surface area (Å²) in [5, 5.41) is 4.35. The minimum Gasteiger partial charge on any atom is -0.345 e. The largest absolute Gasteiger partial charge is 0.345 e. The molecule has 4 heteroatoms. The summed E-state index contributed by atoms with van der Waals surface area (Å²) in [7, 11) is 0. The van der Waals surface area contributed by atoms with E-state index in [0.717, 1.165) is 40.9 Å². The maximum absolute atomic E-state index is 11.4. The summed E-state index contributed by atoms with van der Waals surface area (Å²) >= 11 is 6.26.